The van der Waals surface area contributed by atoms with Gasteiger partial charge < -0.3 is 5.32 Å². The maximum atomic E-state index is 12.6. The molecule has 0 aliphatic carbocycles. The molecule has 2 heteroatoms. The molecule has 3 aromatic rings. The van der Waals surface area contributed by atoms with Crippen LogP contribution >= 0.6 is 0 Å². The fraction of sp³-hybridized carbons (Fsp3) is 0.136. The first kappa shape index (κ1) is 14.7. The van der Waals surface area contributed by atoms with Gasteiger partial charge in [0.15, 0.2) is 0 Å². The van der Waals surface area contributed by atoms with E-state index in [4.69, 9.17) is 0 Å². The molecule has 0 radical (unpaired) electrons. The Kier molecular flexibility index (Phi) is 3.66. The van der Waals surface area contributed by atoms with Gasteiger partial charge in [-0.25, -0.2) is 0 Å². The van der Waals surface area contributed by atoms with Gasteiger partial charge in [-0.05, 0) is 35.6 Å². The van der Waals surface area contributed by atoms with Crippen LogP contribution in [-0.2, 0) is 12.0 Å². The molecular weight excluding hydrogens is 294 g/mol. The van der Waals surface area contributed by atoms with Gasteiger partial charge in [0, 0.05) is 5.56 Å². The highest BCUT2D eigenvalue weighted by Gasteiger charge is 2.43. The molecule has 1 aliphatic rings. The van der Waals surface area contributed by atoms with Crippen LogP contribution < -0.4 is 5.32 Å². The van der Waals surface area contributed by atoms with Crippen LogP contribution in [0.5, 0.6) is 0 Å². The van der Waals surface area contributed by atoms with E-state index in [0.717, 1.165) is 29.5 Å². The predicted molar refractivity (Wildman–Crippen MR) is 95.9 cm³/mol. The van der Waals surface area contributed by atoms with Crippen molar-refractivity contribution in [3.8, 4) is 0 Å². The van der Waals surface area contributed by atoms with Crippen LogP contribution in [0, 0.1) is 0 Å². The van der Waals surface area contributed by atoms with Gasteiger partial charge in [0.1, 0.15) is 0 Å². The van der Waals surface area contributed by atoms with E-state index in [9.17, 15) is 4.79 Å². The first-order valence-electron chi connectivity index (χ1n) is 8.31. The Balaban J connectivity index is 1.79. The number of hydrogen-bond acceptors (Lipinski definition) is 1. The summed E-state index contributed by atoms with van der Waals surface area (Å²) in [5.41, 5.74) is 3.84. The molecule has 0 saturated carbocycles. The summed E-state index contributed by atoms with van der Waals surface area (Å²) in [6.45, 7) is 0. The highest BCUT2D eigenvalue weighted by atomic mass is 16.2. The standard InChI is InChI=1S/C22H19NO/c24-21-19-13-7-8-14-20(19)22(23-21,18-11-5-2-6-12-18)16-15-17-9-3-1-4-10-17/h1-14H,15-16H2,(H,23,24)/t22-/m1/s1. The van der Waals surface area contributed by atoms with Crippen LogP contribution in [0.3, 0.4) is 0 Å². The van der Waals surface area contributed by atoms with Crippen LogP contribution in [0.15, 0.2) is 84.9 Å². The minimum absolute atomic E-state index is 0.0162. The summed E-state index contributed by atoms with van der Waals surface area (Å²) in [4.78, 5) is 12.6. The second kappa shape index (κ2) is 5.97. The Morgan fingerprint density at radius 2 is 1.38 bits per heavy atom. The Bertz CT molecular complexity index is 857. The van der Waals surface area contributed by atoms with Crippen molar-refractivity contribution in [2.75, 3.05) is 0 Å². The van der Waals surface area contributed by atoms with Crippen molar-refractivity contribution in [3.63, 3.8) is 0 Å². The monoisotopic (exact) mass is 313 g/mol. The van der Waals surface area contributed by atoms with Gasteiger partial charge in [-0.15, -0.1) is 0 Å². The van der Waals surface area contributed by atoms with Gasteiger partial charge in [0.05, 0.1) is 5.54 Å². The number of benzene rings is 3. The lowest BCUT2D eigenvalue weighted by molar-refractivity contribution is 0.0938. The molecule has 0 spiro atoms. The Labute approximate surface area is 142 Å². The molecule has 0 bridgehead atoms. The third-order valence-electron chi connectivity index (χ3n) is 4.86. The highest BCUT2D eigenvalue weighted by molar-refractivity contribution is 6.00. The van der Waals surface area contributed by atoms with Crippen molar-refractivity contribution in [3.05, 3.63) is 107 Å². The van der Waals surface area contributed by atoms with Gasteiger partial charge in [-0.3, -0.25) is 4.79 Å². The van der Waals surface area contributed by atoms with E-state index in [2.05, 4.69) is 47.8 Å². The summed E-state index contributed by atoms with van der Waals surface area (Å²) in [5, 5.41) is 3.28. The Morgan fingerprint density at radius 3 is 2.12 bits per heavy atom. The summed E-state index contributed by atoms with van der Waals surface area (Å²) in [6, 6.07) is 28.7. The third-order valence-corrected chi connectivity index (χ3v) is 4.86. The van der Waals surface area contributed by atoms with Crippen LogP contribution in [0.25, 0.3) is 0 Å². The minimum atomic E-state index is -0.454. The zero-order valence-electron chi connectivity index (χ0n) is 13.4. The molecule has 1 atom stereocenters. The molecule has 1 amide bonds. The highest BCUT2D eigenvalue weighted by Crippen LogP contribution is 2.40. The number of nitrogens with one attached hydrogen (secondary N) is 1. The third kappa shape index (κ3) is 2.41. The summed E-state index contributed by atoms with van der Waals surface area (Å²) < 4.78 is 0. The summed E-state index contributed by atoms with van der Waals surface area (Å²) in [7, 11) is 0. The molecular formula is C22H19NO. The van der Waals surface area contributed by atoms with E-state index in [1.807, 2.05) is 42.5 Å². The van der Waals surface area contributed by atoms with E-state index in [1.54, 1.807) is 0 Å². The van der Waals surface area contributed by atoms with Gasteiger partial charge in [-0.2, -0.15) is 0 Å². The van der Waals surface area contributed by atoms with Crippen molar-refractivity contribution in [2.45, 2.75) is 18.4 Å². The molecule has 1 N–H and O–H groups in total. The molecule has 0 fully saturated rings. The SMILES string of the molecule is O=C1N[C@](CCc2ccccc2)(c2ccccc2)c2ccccc21. The molecule has 0 aromatic heterocycles. The number of fused-ring (bicyclic) bond motifs is 1. The Morgan fingerprint density at radius 1 is 0.750 bits per heavy atom. The van der Waals surface area contributed by atoms with Gasteiger partial charge in [0.25, 0.3) is 5.91 Å². The number of aryl methyl sites for hydroxylation is 1. The zero-order valence-corrected chi connectivity index (χ0v) is 13.4. The summed E-state index contributed by atoms with van der Waals surface area (Å²) in [5.74, 6) is 0.0162. The fourth-order valence-electron chi connectivity index (χ4n) is 3.65. The van der Waals surface area contributed by atoms with Crippen molar-refractivity contribution >= 4 is 5.91 Å². The molecule has 1 heterocycles. The normalized spacial score (nSPS) is 18.9. The number of carbonyl (C=O) groups is 1. The summed E-state index contributed by atoms with van der Waals surface area (Å²) in [6.07, 6.45) is 1.74. The van der Waals surface area contributed by atoms with E-state index in [0.29, 0.717) is 0 Å². The van der Waals surface area contributed by atoms with E-state index < -0.39 is 5.54 Å². The minimum Gasteiger partial charge on any atom is -0.338 e. The van der Waals surface area contributed by atoms with Crippen molar-refractivity contribution < 1.29 is 4.79 Å². The quantitative estimate of drug-likeness (QED) is 0.764. The van der Waals surface area contributed by atoms with Crippen LogP contribution in [0.4, 0.5) is 0 Å². The van der Waals surface area contributed by atoms with Gasteiger partial charge >= 0.3 is 0 Å². The number of amides is 1. The average molecular weight is 313 g/mol. The van der Waals surface area contributed by atoms with Crippen LogP contribution in [-0.4, -0.2) is 5.91 Å². The van der Waals surface area contributed by atoms with Crippen molar-refractivity contribution in [1.82, 2.24) is 5.32 Å². The summed E-state index contributed by atoms with van der Waals surface area (Å²) >= 11 is 0. The lowest BCUT2D eigenvalue weighted by atomic mass is 9.79. The zero-order chi connectivity index (χ0) is 16.4. The topological polar surface area (TPSA) is 29.1 Å². The Hall–Kier alpha value is -2.87. The molecule has 0 unspecified atom stereocenters. The van der Waals surface area contributed by atoms with Crippen LogP contribution in [0.1, 0.15) is 33.5 Å². The molecule has 2 nitrogen and oxygen atoms in total. The lowest BCUT2D eigenvalue weighted by Crippen LogP contribution is -2.40. The molecule has 4 rings (SSSR count). The maximum Gasteiger partial charge on any atom is 0.252 e. The predicted octanol–water partition coefficient (Wildman–Crippen LogP) is 4.31. The van der Waals surface area contributed by atoms with E-state index >= 15 is 0 Å². The molecule has 1 aliphatic heterocycles. The van der Waals surface area contributed by atoms with Gasteiger partial charge in [0.2, 0.25) is 0 Å². The van der Waals surface area contributed by atoms with E-state index in [1.165, 1.54) is 5.56 Å². The average Bonchev–Trinajstić information content (AvgIpc) is 2.95. The molecule has 0 saturated heterocycles. The molecule has 118 valence electrons. The number of rotatable bonds is 4. The van der Waals surface area contributed by atoms with Crippen molar-refractivity contribution in [2.24, 2.45) is 0 Å². The molecule has 24 heavy (non-hydrogen) atoms. The first-order chi connectivity index (χ1) is 11.8. The number of carbonyl (C=O) groups excluding carboxylic acids is 1. The largest absolute Gasteiger partial charge is 0.338 e. The van der Waals surface area contributed by atoms with Crippen molar-refractivity contribution in [1.29, 1.82) is 0 Å². The van der Waals surface area contributed by atoms with Gasteiger partial charge in [-0.1, -0.05) is 78.9 Å². The van der Waals surface area contributed by atoms with Crippen LogP contribution in [0.2, 0.25) is 0 Å². The van der Waals surface area contributed by atoms with E-state index in [-0.39, 0.29) is 5.91 Å². The lowest BCUT2D eigenvalue weighted by Gasteiger charge is -2.31. The maximum absolute atomic E-state index is 12.6. The first-order valence-corrected chi connectivity index (χ1v) is 8.31. The second-order valence-electron chi connectivity index (χ2n) is 6.26. The fourth-order valence-corrected chi connectivity index (χ4v) is 3.65. The second-order valence-corrected chi connectivity index (χ2v) is 6.26. The smallest absolute Gasteiger partial charge is 0.252 e. The number of hydrogen-bond donors (Lipinski definition) is 1. The molecule has 3 aromatic carbocycles.